The number of fused-ring (bicyclic) bond motifs is 1. The molecular formula is C21H24N4O2. The van der Waals surface area contributed by atoms with Crippen molar-refractivity contribution in [2.45, 2.75) is 25.7 Å². The summed E-state index contributed by atoms with van der Waals surface area (Å²) in [6, 6.07) is 7.19. The molecule has 1 aliphatic heterocycles. The van der Waals surface area contributed by atoms with E-state index in [1.807, 2.05) is 23.1 Å². The lowest BCUT2D eigenvalue weighted by atomic mass is 10.1. The Morgan fingerprint density at radius 1 is 1.19 bits per heavy atom. The molecule has 6 nitrogen and oxygen atoms in total. The third kappa shape index (κ3) is 4.16. The van der Waals surface area contributed by atoms with Gasteiger partial charge in [-0.1, -0.05) is 43.5 Å². The average Bonchev–Trinajstić information content (AvgIpc) is 3.22. The molecule has 27 heavy (non-hydrogen) atoms. The van der Waals surface area contributed by atoms with Crippen LogP contribution >= 0.6 is 0 Å². The summed E-state index contributed by atoms with van der Waals surface area (Å²) >= 11 is 0. The Balaban J connectivity index is 1.91. The number of rotatable bonds is 7. The van der Waals surface area contributed by atoms with E-state index in [1.54, 1.807) is 24.3 Å². The van der Waals surface area contributed by atoms with Gasteiger partial charge in [-0.25, -0.2) is 4.98 Å². The second-order valence-electron chi connectivity index (χ2n) is 6.48. The first-order valence-electron chi connectivity index (χ1n) is 9.14. The van der Waals surface area contributed by atoms with Crippen molar-refractivity contribution < 1.29 is 4.79 Å². The summed E-state index contributed by atoms with van der Waals surface area (Å²) in [6.07, 6.45) is 8.05. The van der Waals surface area contributed by atoms with E-state index in [-0.39, 0.29) is 17.9 Å². The van der Waals surface area contributed by atoms with Crippen LogP contribution in [0.3, 0.4) is 0 Å². The van der Waals surface area contributed by atoms with Crippen LogP contribution in [0.25, 0.3) is 10.9 Å². The normalized spacial score (nSPS) is 14.4. The Morgan fingerprint density at radius 3 is 2.63 bits per heavy atom. The zero-order chi connectivity index (χ0) is 19.2. The number of allylic oxidation sites excluding steroid dienone is 4. The first-order valence-corrected chi connectivity index (χ1v) is 9.14. The summed E-state index contributed by atoms with van der Waals surface area (Å²) < 4.78 is 1.29. The van der Waals surface area contributed by atoms with Crippen LogP contribution in [0.4, 0.5) is 5.95 Å². The van der Waals surface area contributed by atoms with Crippen molar-refractivity contribution in [2.24, 2.45) is 0 Å². The van der Waals surface area contributed by atoms with Gasteiger partial charge in [0.2, 0.25) is 11.9 Å². The van der Waals surface area contributed by atoms with E-state index in [2.05, 4.69) is 23.6 Å². The lowest BCUT2D eigenvalue weighted by Crippen LogP contribution is -2.38. The molecule has 6 heteroatoms. The van der Waals surface area contributed by atoms with E-state index in [0.717, 1.165) is 31.5 Å². The molecule has 1 N–H and O–H groups in total. The van der Waals surface area contributed by atoms with Gasteiger partial charge in [0.05, 0.1) is 10.9 Å². The maximum Gasteiger partial charge on any atom is 0.281 e. The molecule has 0 saturated carbocycles. The van der Waals surface area contributed by atoms with Crippen LogP contribution in [0.5, 0.6) is 0 Å². The standard InChI is InChI=1S/C21H24N4O2/c1-3-9-16(4-2)12-13-19(26)23-25-20(27)17-10-5-6-11-18(17)22-21(25)24-14-7-8-15-24/h3-6,9-11H,1-2,7-8,12-15H2,(H,23,26)/b16-9+. The highest BCUT2D eigenvalue weighted by Gasteiger charge is 2.21. The minimum absolute atomic E-state index is 0.240. The lowest BCUT2D eigenvalue weighted by Gasteiger charge is -2.22. The quantitative estimate of drug-likeness (QED) is 0.767. The molecule has 1 fully saturated rings. The molecule has 0 bridgehead atoms. The van der Waals surface area contributed by atoms with E-state index in [1.165, 1.54) is 4.68 Å². The first kappa shape index (κ1) is 18.6. The number of carbonyl (C=O) groups excluding carboxylic acids is 1. The smallest absolute Gasteiger partial charge is 0.281 e. The molecule has 2 heterocycles. The molecule has 0 aliphatic carbocycles. The fourth-order valence-corrected chi connectivity index (χ4v) is 3.19. The molecule has 0 unspecified atom stereocenters. The van der Waals surface area contributed by atoms with Crippen LogP contribution in [0.1, 0.15) is 25.7 Å². The van der Waals surface area contributed by atoms with E-state index in [9.17, 15) is 9.59 Å². The maximum atomic E-state index is 13.0. The summed E-state index contributed by atoms with van der Waals surface area (Å²) in [4.78, 5) is 32.2. The summed E-state index contributed by atoms with van der Waals surface area (Å²) in [6.45, 7) is 9.04. The largest absolute Gasteiger partial charge is 0.341 e. The Hall–Kier alpha value is -3.15. The molecule has 2 aromatic rings. The summed E-state index contributed by atoms with van der Waals surface area (Å²) in [5.41, 5.74) is 4.04. The first-order chi connectivity index (χ1) is 13.1. The molecule has 1 aromatic carbocycles. The van der Waals surface area contributed by atoms with Crippen LogP contribution in [0, 0.1) is 0 Å². The number of amides is 1. The minimum atomic E-state index is -0.263. The number of hydrogen-bond acceptors (Lipinski definition) is 4. The Kier molecular flexibility index (Phi) is 5.86. The number of para-hydroxylation sites is 1. The van der Waals surface area contributed by atoms with Gasteiger partial charge in [-0.3, -0.25) is 15.0 Å². The second kappa shape index (κ2) is 8.49. The second-order valence-corrected chi connectivity index (χ2v) is 6.48. The van der Waals surface area contributed by atoms with Crippen molar-refractivity contribution in [2.75, 3.05) is 23.4 Å². The molecule has 1 saturated heterocycles. The van der Waals surface area contributed by atoms with Gasteiger partial charge in [0, 0.05) is 19.5 Å². The number of hydrogen-bond donors (Lipinski definition) is 1. The highest BCUT2D eigenvalue weighted by molar-refractivity contribution is 5.85. The average molecular weight is 364 g/mol. The van der Waals surface area contributed by atoms with Crippen LogP contribution < -0.4 is 15.9 Å². The van der Waals surface area contributed by atoms with Crippen molar-refractivity contribution in [3.8, 4) is 0 Å². The van der Waals surface area contributed by atoms with Crippen molar-refractivity contribution in [1.29, 1.82) is 0 Å². The third-order valence-electron chi connectivity index (χ3n) is 4.62. The molecule has 1 amide bonds. The van der Waals surface area contributed by atoms with Gasteiger partial charge in [-0.15, -0.1) is 0 Å². The SMILES string of the molecule is C=C/C=C(\C=C)CCC(=O)Nn1c(N2CCCC2)nc2ccccc2c1=O. The fourth-order valence-electron chi connectivity index (χ4n) is 3.19. The van der Waals surface area contributed by atoms with Gasteiger partial charge < -0.3 is 4.90 Å². The number of nitrogens with one attached hydrogen (secondary N) is 1. The highest BCUT2D eigenvalue weighted by atomic mass is 16.2. The van der Waals surface area contributed by atoms with Crippen molar-refractivity contribution in [3.63, 3.8) is 0 Å². The van der Waals surface area contributed by atoms with Crippen LogP contribution in [-0.4, -0.2) is 28.7 Å². The highest BCUT2D eigenvalue weighted by Crippen LogP contribution is 2.19. The topological polar surface area (TPSA) is 67.2 Å². The lowest BCUT2D eigenvalue weighted by molar-refractivity contribution is -0.117. The zero-order valence-corrected chi connectivity index (χ0v) is 15.4. The van der Waals surface area contributed by atoms with Gasteiger partial charge in [0.15, 0.2) is 0 Å². The van der Waals surface area contributed by atoms with Crippen LogP contribution in [-0.2, 0) is 4.79 Å². The zero-order valence-electron chi connectivity index (χ0n) is 15.4. The van der Waals surface area contributed by atoms with E-state index >= 15 is 0 Å². The fraction of sp³-hybridized carbons (Fsp3) is 0.286. The summed E-state index contributed by atoms with van der Waals surface area (Å²) in [5.74, 6) is 0.251. The third-order valence-corrected chi connectivity index (χ3v) is 4.62. The molecule has 3 rings (SSSR count). The Morgan fingerprint density at radius 2 is 1.93 bits per heavy atom. The van der Waals surface area contributed by atoms with Crippen molar-refractivity contribution in [1.82, 2.24) is 9.66 Å². The predicted molar refractivity (Wildman–Crippen MR) is 110 cm³/mol. The number of nitrogens with zero attached hydrogens (tertiary/aromatic N) is 3. The predicted octanol–water partition coefficient (Wildman–Crippen LogP) is 3.15. The van der Waals surface area contributed by atoms with Gasteiger partial charge in [-0.05, 0) is 37.0 Å². The van der Waals surface area contributed by atoms with E-state index in [4.69, 9.17) is 0 Å². The number of benzene rings is 1. The molecular weight excluding hydrogens is 340 g/mol. The van der Waals surface area contributed by atoms with Crippen molar-refractivity contribution >= 4 is 22.8 Å². The molecule has 0 atom stereocenters. The van der Waals surface area contributed by atoms with E-state index in [0.29, 0.717) is 23.3 Å². The molecule has 140 valence electrons. The number of aromatic nitrogens is 2. The van der Waals surface area contributed by atoms with Crippen molar-refractivity contribution in [3.05, 3.63) is 71.6 Å². The molecule has 1 aliphatic rings. The van der Waals surface area contributed by atoms with E-state index < -0.39 is 0 Å². The summed E-state index contributed by atoms with van der Waals surface area (Å²) in [5, 5.41) is 0.485. The molecule has 0 radical (unpaired) electrons. The maximum absolute atomic E-state index is 13.0. The van der Waals surface area contributed by atoms with Crippen LogP contribution in [0.15, 0.2) is 66.0 Å². The minimum Gasteiger partial charge on any atom is -0.341 e. The monoisotopic (exact) mass is 364 g/mol. The number of anilines is 1. The Labute approximate surface area is 158 Å². The van der Waals surface area contributed by atoms with Gasteiger partial charge in [0.1, 0.15) is 0 Å². The summed E-state index contributed by atoms with van der Waals surface area (Å²) in [7, 11) is 0. The van der Waals surface area contributed by atoms with Gasteiger partial charge in [-0.2, -0.15) is 4.68 Å². The molecule has 0 spiro atoms. The molecule has 1 aromatic heterocycles. The Bertz CT molecular complexity index is 952. The van der Waals surface area contributed by atoms with Crippen LogP contribution in [0.2, 0.25) is 0 Å². The van der Waals surface area contributed by atoms with Gasteiger partial charge >= 0.3 is 0 Å². The van der Waals surface area contributed by atoms with Gasteiger partial charge in [0.25, 0.3) is 5.56 Å². The number of carbonyl (C=O) groups is 1.